The lowest BCUT2D eigenvalue weighted by Gasteiger charge is -2.28. The van der Waals surface area contributed by atoms with E-state index in [9.17, 15) is 4.79 Å². The van der Waals surface area contributed by atoms with Crippen LogP contribution in [0.5, 0.6) is 0 Å². The zero-order chi connectivity index (χ0) is 16.4. The first-order chi connectivity index (χ1) is 11.0. The number of hydrogen-bond donors (Lipinski definition) is 1. The van der Waals surface area contributed by atoms with Crippen LogP contribution in [0.1, 0.15) is 13.8 Å². The summed E-state index contributed by atoms with van der Waals surface area (Å²) >= 11 is 4.93. The Morgan fingerprint density at radius 1 is 1.39 bits per heavy atom. The summed E-state index contributed by atoms with van der Waals surface area (Å²) in [5, 5.41) is 3.55. The molecule has 1 amide bonds. The van der Waals surface area contributed by atoms with E-state index in [1.807, 2.05) is 19.9 Å². The number of alkyl halides is 1. The van der Waals surface area contributed by atoms with Crippen molar-refractivity contribution < 1.29 is 9.53 Å². The molecule has 2 aromatic rings. The molecule has 1 aliphatic heterocycles. The number of rotatable bonds is 4. The molecule has 124 valence electrons. The first-order valence-corrected chi connectivity index (χ1v) is 9.46. The zero-order valence-corrected chi connectivity index (χ0v) is 15.6. The van der Waals surface area contributed by atoms with Crippen LogP contribution in [0.4, 0.5) is 10.8 Å². The predicted molar refractivity (Wildman–Crippen MR) is 98.8 cm³/mol. The number of halogens is 1. The highest BCUT2D eigenvalue weighted by molar-refractivity contribution is 9.10. The van der Waals surface area contributed by atoms with Gasteiger partial charge in [0, 0.05) is 18.8 Å². The molecule has 1 aromatic heterocycles. The van der Waals surface area contributed by atoms with Crippen LogP contribution in [0.15, 0.2) is 18.2 Å². The molecule has 5 nitrogen and oxygen atoms in total. The molecule has 1 aliphatic rings. The van der Waals surface area contributed by atoms with Crippen molar-refractivity contribution in [3.63, 3.8) is 0 Å². The third-order valence-corrected chi connectivity index (χ3v) is 6.22. The summed E-state index contributed by atoms with van der Waals surface area (Å²) < 4.78 is 6.48. The van der Waals surface area contributed by atoms with Crippen molar-refractivity contribution in [2.45, 2.75) is 18.7 Å². The second-order valence-electron chi connectivity index (χ2n) is 5.91. The second kappa shape index (κ2) is 7.15. The molecule has 1 saturated heterocycles. The van der Waals surface area contributed by atoms with Crippen LogP contribution < -0.4 is 10.2 Å². The van der Waals surface area contributed by atoms with Gasteiger partial charge in [0.05, 0.1) is 28.3 Å². The fraction of sp³-hybridized carbons (Fsp3) is 0.500. The van der Waals surface area contributed by atoms with Gasteiger partial charge in [-0.05, 0) is 24.1 Å². The van der Waals surface area contributed by atoms with Crippen molar-refractivity contribution in [3.8, 4) is 0 Å². The van der Waals surface area contributed by atoms with E-state index in [0.29, 0.717) is 5.13 Å². The third kappa shape index (κ3) is 3.84. The number of carbonyl (C=O) groups is 1. The number of nitrogens with zero attached hydrogens (tertiary/aromatic N) is 2. The van der Waals surface area contributed by atoms with E-state index in [1.54, 1.807) is 0 Å². The quantitative estimate of drug-likeness (QED) is 0.802. The summed E-state index contributed by atoms with van der Waals surface area (Å²) in [6.07, 6.45) is 0. The van der Waals surface area contributed by atoms with Gasteiger partial charge in [-0.3, -0.25) is 4.79 Å². The van der Waals surface area contributed by atoms with Crippen molar-refractivity contribution in [1.29, 1.82) is 0 Å². The molecule has 0 spiro atoms. The van der Waals surface area contributed by atoms with Crippen LogP contribution in [-0.2, 0) is 9.53 Å². The third-order valence-electron chi connectivity index (χ3n) is 3.81. The Bertz CT molecular complexity index is 698. The molecule has 2 heterocycles. The number of aromatic nitrogens is 1. The van der Waals surface area contributed by atoms with Crippen molar-refractivity contribution in [2.75, 3.05) is 36.5 Å². The number of morpholine rings is 1. The van der Waals surface area contributed by atoms with E-state index in [4.69, 9.17) is 4.74 Å². The molecule has 23 heavy (non-hydrogen) atoms. The minimum absolute atomic E-state index is 0.0486. The molecule has 1 atom stereocenters. The van der Waals surface area contributed by atoms with Gasteiger partial charge in [-0.15, -0.1) is 0 Å². The summed E-state index contributed by atoms with van der Waals surface area (Å²) in [5.41, 5.74) is 2.10. The average molecular weight is 398 g/mol. The number of benzene rings is 1. The number of anilines is 2. The monoisotopic (exact) mass is 397 g/mol. The Morgan fingerprint density at radius 3 is 2.83 bits per heavy atom. The molecule has 0 unspecified atom stereocenters. The zero-order valence-electron chi connectivity index (χ0n) is 13.2. The topological polar surface area (TPSA) is 54.5 Å². The van der Waals surface area contributed by atoms with Crippen LogP contribution in [0, 0.1) is 5.92 Å². The lowest BCUT2D eigenvalue weighted by molar-refractivity contribution is -0.116. The molecule has 0 aliphatic carbocycles. The number of hydrogen-bond acceptors (Lipinski definition) is 5. The smallest absolute Gasteiger partial charge is 0.240 e. The summed E-state index contributed by atoms with van der Waals surface area (Å²) in [5.74, 6) is 0.185. The number of carbonyl (C=O) groups excluding carboxylic acids is 1. The van der Waals surface area contributed by atoms with Gasteiger partial charge in [-0.25, -0.2) is 4.98 Å². The van der Waals surface area contributed by atoms with Gasteiger partial charge in [0.25, 0.3) is 0 Å². The Hall–Kier alpha value is -1.18. The van der Waals surface area contributed by atoms with Crippen molar-refractivity contribution >= 4 is 54.2 Å². The molecule has 1 aromatic carbocycles. The molecule has 0 radical (unpaired) electrons. The largest absolute Gasteiger partial charge is 0.378 e. The highest BCUT2D eigenvalue weighted by atomic mass is 79.9. The van der Waals surface area contributed by atoms with Crippen LogP contribution in [0.2, 0.25) is 0 Å². The van der Waals surface area contributed by atoms with E-state index in [-0.39, 0.29) is 16.7 Å². The summed E-state index contributed by atoms with van der Waals surface area (Å²) in [6, 6.07) is 6.24. The molecule has 3 rings (SSSR count). The Balaban J connectivity index is 1.77. The Labute approximate surface area is 148 Å². The fourth-order valence-corrected chi connectivity index (χ4v) is 3.48. The minimum atomic E-state index is -0.210. The SMILES string of the molecule is CC(C)[C@@H](Br)C(=O)Nc1nc2ccc(N3CCOCC3)cc2s1. The van der Waals surface area contributed by atoms with Gasteiger partial charge in [0.1, 0.15) is 0 Å². The number of thiazole rings is 1. The Kier molecular flexibility index (Phi) is 5.18. The van der Waals surface area contributed by atoms with E-state index in [1.165, 1.54) is 17.0 Å². The van der Waals surface area contributed by atoms with E-state index in [0.717, 1.165) is 36.5 Å². The number of nitrogens with one attached hydrogen (secondary N) is 1. The Morgan fingerprint density at radius 2 is 2.13 bits per heavy atom. The molecular formula is C16H20BrN3O2S. The summed E-state index contributed by atoms with van der Waals surface area (Å²) in [6.45, 7) is 7.37. The van der Waals surface area contributed by atoms with Gasteiger partial charge < -0.3 is 15.0 Å². The molecule has 0 saturated carbocycles. The molecule has 1 fully saturated rings. The van der Waals surface area contributed by atoms with E-state index >= 15 is 0 Å². The lowest BCUT2D eigenvalue weighted by Crippen LogP contribution is -2.36. The maximum atomic E-state index is 12.1. The van der Waals surface area contributed by atoms with Crippen molar-refractivity contribution in [2.24, 2.45) is 5.92 Å². The molecule has 0 bridgehead atoms. The maximum Gasteiger partial charge on any atom is 0.240 e. The number of ether oxygens (including phenoxy) is 1. The maximum absolute atomic E-state index is 12.1. The van der Waals surface area contributed by atoms with Gasteiger partial charge in [0.15, 0.2) is 5.13 Å². The van der Waals surface area contributed by atoms with Crippen molar-refractivity contribution in [1.82, 2.24) is 4.98 Å². The number of amides is 1. The summed E-state index contributed by atoms with van der Waals surface area (Å²) in [7, 11) is 0. The fourth-order valence-electron chi connectivity index (χ4n) is 2.46. The van der Waals surface area contributed by atoms with Gasteiger partial charge >= 0.3 is 0 Å². The van der Waals surface area contributed by atoms with Crippen LogP contribution in [-0.4, -0.2) is 42.0 Å². The normalized spacial score (nSPS) is 16.8. The predicted octanol–water partition coefficient (Wildman–Crippen LogP) is 3.49. The van der Waals surface area contributed by atoms with Gasteiger partial charge in [-0.1, -0.05) is 41.1 Å². The summed E-state index contributed by atoms with van der Waals surface area (Å²) in [4.78, 5) is 18.7. The first-order valence-electron chi connectivity index (χ1n) is 7.73. The standard InChI is InChI=1S/C16H20BrN3O2S/c1-10(2)14(17)15(21)19-16-18-12-4-3-11(9-13(12)23-16)20-5-7-22-8-6-20/h3-4,9-10,14H,5-8H2,1-2H3,(H,18,19,21)/t14-/m1/s1. The first kappa shape index (κ1) is 16.7. The van der Waals surface area contributed by atoms with Crippen LogP contribution in [0.25, 0.3) is 10.2 Å². The van der Waals surface area contributed by atoms with Crippen LogP contribution >= 0.6 is 27.3 Å². The van der Waals surface area contributed by atoms with E-state index in [2.05, 4.69) is 43.3 Å². The second-order valence-corrected chi connectivity index (χ2v) is 7.92. The highest BCUT2D eigenvalue weighted by Gasteiger charge is 2.20. The van der Waals surface area contributed by atoms with Crippen LogP contribution in [0.3, 0.4) is 0 Å². The lowest BCUT2D eigenvalue weighted by atomic mass is 10.1. The van der Waals surface area contributed by atoms with Gasteiger partial charge in [-0.2, -0.15) is 0 Å². The highest BCUT2D eigenvalue weighted by Crippen LogP contribution is 2.30. The minimum Gasteiger partial charge on any atom is -0.378 e. The molecule has 1 N–H and O–H groups in total. The molecule has 7 heteroatoms. The molecular weight excluding hydrogens is 378 g/mol. The van der Waals surface area contributed by atoms with Crippen molar-refractivity contribution in [3.05, 3.63) is 18.2 Å². The average Bonchev–Trinajstić information content (AvgIpc) is 2.95. The van der Waals surface area contributed by atoms with Gasteiger partial charge in [0.2, 0.25) is 5.91 Å². The number of fused-ring (bicyclic) bond motifs is 1. The van der Waals surface area contributed by atoms with E-state index < -0.39 is 0 Å².